The molecule has 1 aromatic carbocycles. The fraction of sp³-hybridized carbons (Fsp3) is 0.579. The summed E-state index contributed by atoms with van der Waals surface area (Å²) in [6.07, 6.45) is 6.12. The van der Waals surface area contributed by atoms with Crippen molar-refractivity contribution in [1.29, 1.82) is 0 Å². The lowest BCUT2D eigenvalue weighted by Gasteiger charge is -2.35. The third-order valence-corrected chi connectivity index (χ3v) is 4.62. The topological polar surface area (TPSA) is 57.6 Å². The van der Waals surface area contributed by atoms with Gasteiger partial charge in [0.15, 0.2) is 0 Å². The van der Waals surface area contributed by atoms with Gasteiger partial charge in [0.05, 0.1) is 0 Å². The second kappa shape index (κ2) is 8.70. The van der Waals surface area contributed by atoms with E-state index in [1.165, 1.54) is 11.1 Å². The Morgan fingerprint density at radius 2 is 1.91 bits per heavy atom. The molecular formula is C19H27NO3. The van der Waals surface area contributed by atoms with Crippen molar-refractivity contribution in [3.8, 4) is 0 Å². The number of aryl methyl sites for hydroxylation is 2. The fourth-order valence-electron chi connectivity index (χ4n) is 3.26. The quantitative estimate of drug-likeness (QED) is 0.836. The van der Waals surface area contributed by atoms with Gasteiger partial charge in [0, 0.05) is 25.4 Å². The van der Waals surface area contributed by atoms with Crippen LogP contribution in [-0.2, 0) is 16.0 Å². The van der Waals surface area contributed by atoms with Crippen LogP contribution in [0.4, 0.5) is 0 Å². The average Bonchev–Trinajstić information content (AvgIpc) is 2.55. The van der Waals surface area contributed by atoms with Crippen molar-refractivity contribution in [1.82, 2.24) is 4.90 Å². The molecule has 23 heavy (non-hydrogen) atoms. The zero-order valence-electron chi connectivity index (χ0n) is 14.0. The van der Waals surface area contributed by atoms with Crippen LogP contribution in [0.5, 0.6) is 0 Å². The van der Waals surface area contributed by atoms with E-state index in [4.69, 9.17) is 5.11 Å². The number of carboxylic acid groups (broad SMARTS) is 1. The summed E-state index contributed by atoms with van der Waals surface area (Å²) in [5, 5.41) is 8.85. The lowest BCUT2D eigenvalue weighted by atomic mass is 9.97. The van der Waals surface area contributed by atoms with Crippen LogP contribution >= 0.6 is 0 Å². The van der Waals surface area contributed by atoms with Gasteiger partial charge < -0.3 is 10.0 Å². The molecule has 1 aromatic rings. The summed E-state index contributed by atoms with van der Waals surface area (Å²) in [5.74, 6) is -0.588. The summed E-state index contributed by atoms with van der Waals surface area (Å²) < 4.78 is 0. The number of rotatable bonds is 7. The molecule has 0 spiro atoms. The molecular weight excluding hydrogens is 290 g/mol. The number of amides is 1. The molecule has 0 saturated carbocycles. The van der Waals surface area contributed by atoms with Gasteiger partial charge in [-0.25, -0.2) is 0 Å². The van der Waals surface area contributed by atoms with E-state index < -0.39 is 5.97 Å². The first kappa shape index (κ1) is 17.5. The number of likely N-dealkylation sites (tertiary alicyclic amines) is 1. The minimum atomic E-state index is -0.776. The van der Waals surface area contributed by atoms with E-state index in [0.29, 0.717) is 12.8 Å². The maximum atomic E-state index is 12.5. The van der Waals surface area contributed by atoms with Gasteiger partial charge >= 0.3 is 5.97 Å². The Bertz CT molecular complexity index is 524. The van der Waals surface area contributed by atoms with Crippen molar-refractivity contribution in [3.63, 3.8) is 0 Å². The summed E-state index contributed by atoms with van der Waals surface area (Å²) in [6, 6.07) is 8.56. The standard InChI is InChI=1S/C19H27NO3/c1-15-8-10-16(11-9-15)5-4-7-18(21)20-14-3-2-6-17(20)12-13-19(22)23/h8-11,17H,2-7,12-14H2,1H3,(H,22,23). The molecule has 1 atom stereocenters. The molecule has 0 aliphatic carbocycles. The van der Waals surface area contributed by atoms with Crippen molar-refractivity contribution in [2.75, 3.05) is 6.54 Å². The average molecular weight is 317 g/mol. The van der Waals surface area contributed by atoms with E-state index in [9.17, 15) is 9.59 Å². The molecule has 0 bridgehead atoms. The second-order valence-corrected chi connectivity index (χ2v) is 6.51. The molecule has 1 amide bonds. The highest BCUT2D eigenvalue weighted by molar-refractivity contribution is 5.76. The maximum absolute atomic E-state index is 12.5. The fourth-order valence-corrected chi connectivity index (χ4v) is 3.26. The summed E-state index contributed by atoms with van der Waals surface area (Å²) in [4.78, 5) is 25.2. The molecule has 1 heterocycles. The lowest BCUT2D eigenvalue weighted by Crippen LogP contribution is -2.43. The van der Waals surface area contributed by atoms with Gasteiger partial charge in [-0.1, -0.05) is 29.8 Å². The van der Waals surface area contributed by atoms with Gasteiger partial charge in [-0.2, -0.15) is 0 Å². The number of aliphatic carboxylic acids is 1. The van der Waals surface area contributed by atoms with Crippen molar-refractivity contribution < 1.29 is 14.7 Å². The molecule has 126 valence electrons. The predicted molar refractivity (Wildman–Crippen MR) is 90.3 cm³/mol. The Morgan fingerprint density at radius 1 is 1.17 bits per heavy atom. The van der Waals surface area contributed by atoms with Gasteiger partial charge in [0.25, 0.3) is 0 Å². The minimum Gasteiger partial charge on any atom is -0.481 e. The zero-order chi connectivity index (χ0) is 16.7. The normalized spacial score (nSPS) is 18.0. The molecule has 1 saturated heterocycles. The number of hydrogen-bond acceptors (Lipinski definition) is 2. The van der Waals surface area contributed by atoms with Crippen molar-refractivity contribution in [3.05, 3.63) is 35.4 Å². The molecule has 0 aromatic heterocycles. The third kappa shape index (κ3) is 5.70. The van der Waals surface area contributed by atoms with Gasteiger partial charge in [-0.3, -0.25) is 9.59 Å². The largest absolute Gasteiger partial charge is 0.481 e. The van der Waals surface area contributed by atoms with Crippen LogP contribution in [0, 0.1) is 6.92 Å². The van der Waals surface area contributed by atoms with Gasteiger partial charge in [-0.15, -0.1) is 0 Å². The summed E-state index contributed by atoms with van der Waals surface area (Å²) in [6.45, 7) is 2.86. The van der Waals surface area contributed by atoms with Gasteiger partial charge in [0.2, 0.25) is 5.91 Å². The zero-order valence-corrected chi connectivity index (χ0v) is 14.0. The van der Waals surface area contributed by atoms with Crippen LogP contribution < -0.4 is 0 Å². The monoisotopic (exact) mass is 317 g/mol. The van der Waals surface area contributed by atoms with Crippen LogP contribution in [0.15, 0.2) is 24.3 Å². The highest BCUT2D eigenvalue weighted by Gasteiger charge is 2.26. The Balaban J connectivity index is 1.80. The molecule has 2 rings (SSSR count). The number of carboxylic acids is 1. The number of carbonyl (C=O) groups excluding carboxylic acids is 1. The Labute approximate surface area is 138 Å². The van der Waals surface area contributed by atoms with Crippen LogP contribution in [0.25, 0.3) is 0 Å². The SMILES string of the molecule is Cc1ccc(CCCC(=O)N2CCCCC2CCC(=O)O)cc1. The highest BCUT2D eigenvalue weighted by Crippen LogP contribution is 2.22. The van der Waals surface area contributed by atoms with Crippen LogP contribution in [0.3, 0.4) is 0 Å². The predicted octanol–water partition coefficient (Wildman–Crippen LogP) is 3.56. The molecule has 4 heteroatoms. The molecule has 1 unspecified atom stereocenters. The number of benzene rings is 1. The number of nitrogens with zero attached hydrogens (tertiary/aromatic N) is 1. The Kier molecular flexibility index (Phi) is 6.63. The first-order valence-electron chi connectivity index (χ1n) is 8.63. The van der Waals surface area contributed by atoms with E-state index in [2.05, 4.69) is 31.2 Å². The number of piperidine rings is 1. The Morgan fingerprint density at radius 3 is 2.61 bits per heavy atom. The minimum absolute atomic E-state index is 0.117. The molecule has 0 radical (unpaired) electrons. The first-order valence-corrected chi connectivity index (χ1v) is 8.63. The van der Waals surface area contributed by atoms with E-state index in [0.717, 1.165) is 38.6 Å². The van der Waals surface area contributed by atoms with Crippen molar-refractivity contribution >= 4 is 11.9 Å². The van der Waals surface area contributed by atoms with Gasteiger partial charge in [-0.05, 0) is 51.0 Å². The molecule has 4 nitrogen and oxygen atoms in total. The molecule has 1 aliphatic rings. The first-order chi connectivity index (χ1) is 11.1. The van der Waals surface area contributed by atoms with E-state index in [1.54, 1.807) is 0 Å². The second-order valence-electron chi connectivity index (χ2n) is 6.51. The van der Waals surface area contributed by atoms with Crippen LogP contribution in [0.1, 0.15) is 56.1 Å². The molecule has 1 aliphatic heterocycles. The van der Waals surface area contributed by atoms with Crippen molar-refractivity contribution in [2.24, 2.45) is 0 Å². The Hall–Kier alpha value is -1.84. The van der Waals surface area contributed by atoms with Crippen molar-refractivity contribution in [2.45, 2.75) is 64.3 Å². The van der Waals surface area contributed by atoms with E-state index >= 15 is 0 Å². The highest BCUT2D eigenvalue weighted by atomic mass is 16.4. The lowest BCUT2D eigenvalue weighted by molar-refractivity contribution is -0.140. The molecule has 1 N–H and O–H groups in total. The van der Waals surface area contributed by atoms with Crippen LogP contribution in [0.2, 0.25) is 0 Å². The summed E-state index contributed by atoms with van der Waals surface area (Å²) in [7, 11) is 0. The summed E-state index contributed by atoms with van der Waals surface area (Å²) >= 11 is 0. The maximum Gasteiger partial charge on any atom is 0.303 e. The van der Waals surface area contributed by atoms with Crippen LogP contribution in [-0.4, -0.2) is 34.5 Å². The smallest absolute Gasteiger partial charge is 0.303 e. The van der Waals surface area contributed by atoms with E-state index in [1.807, 2.05) is 4.90 Å². The van der Waals surface area contributed by atoms with Gasteiger partial charge in [0.1, 0.15) is 0 Å². The third-order valence-electron chi connectivity index (χ3n) is 4.62. The molecule has 1 fully saturated rings. The number of carbonyl (C=O) groups is 2. The number of hydrogen-bond donors (Lipinski definition) is 1. The summed E-state index contributed by atoms with van der Waals surface area (Å²) in [5.41, 5.74) is 2.52. The van der Waals surface area contributed by atoms with E-state index in [-0.39, 0.29) is 18.4 Å².